The van der Waals surface area contributed by atoms with Crippen molar-refractivity contribution < 1.29 is 76.5 Å². The second-order valence-electron chi connectivity index (χ2n) is 13.3. The predicted molar refractivity (Wildman–Crippen MR) is 200 cm³/mol. The molecule has 25 nitrogen and oxygen atoms in total. The number of nitrogens with two attached hydrogens (primary N) is 2. The highest BCUT2D eigenvalue weighted by Crippen LogP contribution is 2.60. The number of aliphatic hydroxyl groups is 4. The number of anilines is 1. The van der Waals surface area contributed by atoms with Crippen LogP contribution in [0.5, 0.6) is 5.75 Å². The van der Waals surface area contributed by atoms with Crippen molar-refractivity contribution in [2.24, 2.45) is 5.73 Å². The molecule has 1 aliphatic carbocycles. The molecule has 0 spiro atoms. The quantitative estimate of drug-likeness (QED) is 0.0586. The third-order valence-corrected chi connectivity index (χ3v) is 11.8. The number of hydrogen-bond donors (Lipinski definition) is 9. The van der Waals surface area contributed by atoms with Crippen molar-refractivity contribution in [3.8, 4) is 17.2 Å². The third-order valence-electron chi connectivity index (χ3n) is 9.21. The number of nitrogens with zero attached hydrogens (tertiary/aromatic N) is 6. The number of primary amides is 1. The zero-order valence-electron chi connectivity index (χ0n) is 30.5. The van der Waals surface area contributed by atoms with Gasteiger partial charge in [-0.05, 0) is 30.7 Å². The number of phenols is 1. The lowest BCUT2D eigenvalue weighted by molar-refractivity contribution is -0.115. The molecule has 5 aliphatic rings. The van der Waals surface area contributed by atoms with E-state index in [1.807, 2.05) is 0 Å². The van der Waals surface area contributed by atoms with Crippen molar-refractivity contribution >= 4 is 49.6 Å². The summed E-state index contributed by atoms with van der Waals surface area (Å²) < 4.78 is 56.3. The number of aromatic nitrogens is 5. The normalized spacial score (nSPS) is 27.4. The van der Waals surface area contributed by atoms with Crippen LogP contribution in [-0.2, 0) is 36.8 Å². The topological polar surface area (TPSA) is 381 Å². The average molecular weight is 879 g/mol. The Labute approximate surface area is 335 Å². The van der Waals surface area contributed by atoms with Crippen molar-refractivity contribution in [1.29, 1.82) is 0 Å². The molecule has 0 radical (unpaired) electrons. The van der Waals surface area contributed by atoms with E-state index in [4.69, 9.17) is 34.4 Å². The predicted octanol–water partition coefficient (Wildman–Crippen LogP) is -0.688. The van der Waals surface area contributed by atoms with Crippen molar-refractivity contribution in [2.45, 2.75) is 55.5 Å². The molecule has 8 rings (SSSR count). The molecule has 2 saturated heterocycles. The zero-order valence-corrected chi connectivity index (χ0v) is 32.3. The third kappa shape index (κ3) is 9.23. The first kappa shape index (κ1) is 42.9. The summed E-state index contributed by atoms with van der Waals surface area (Å²) in [6.07, 6.45) is -4.88. The van der Waals surface area contributed by atoms with Crippen LogP contribution in [0.15, 0.2) is 82.3 Å². The first-order valence-electron chi connectivity index (χ1n) is 17.5. The number of ether oxygens (including phenoxy) is 2. The highest BCUT2D eigenvalue weighted by molar-refractivity contribution is 7.61. The van der Waals surface area contributed by atoms with Gasteiger partial charge in [0.1, 0.15) is 65.4 Å². The van der Waals surface area contributed by atoms with Gasteiger partial charge in [-0.25, -0.2) is 29.1 Å². The number of phosphoric ester groups is 2. The standard InChI is InChI=1S/C21H29N7O14P2.C12H7NO3/c22-17-12-19(25-7-24-17)28(8-26-12)21-16(32)14(30)11(41-21)6-39-44(36,37)42-43(34,35)38-5-10-13(29)15(31)20(40-10)27-3-1-2-9(4-27)18(23)33;14-7-1-3-9-11(5-7)16-12-6-8(15)2-4-10(12)13-9/h1,3-4,7-8,10-11,13-16,20-21,29-32H,2,5-6H2,(H2,23,33)(H,34,35)(H,36,37)(H2,22,24,25);1-6,14H/t10-,11-,13-,14-,15-,16-,20-,21-;/m1./s1. The number of rotatable bonds is 11. The average Bonchev–Trinajstić information content (AvgIpc) is 3.85. The Bertz CT molecular complexity index is 2590. The van der Waals surface area contributed by atoms with Gasteiger partial charge < -0.3 is 65.6 Å². The van der Waals surface area contributed by atoms with Gasteiger partial charge in [0, 0.05) is 30.1 Å². The van der Waals surface area contributed by atoms with Crippen LogP contribution in [0.1, 0.15) is 12.6 Å². The summed E-state index contributed by atoms with van der Waals surface area (Å²) in [6, 6.07) is 9.12. The fourth-order valence-electron chi connectivity index (χ4n) is 6.27. The van der Waals surface area contributed by atoms with E-state index < -0.39 is 83.8 Å². The Morgan fingerprint density at radius 3 is 2.25 bits per heavy atom. The molecule has 6 heterocycles. The van der Waals surface area contributed by atoms with Crippen LogP contribution in [0.4, 0.5) is 5.82 Å². The molecule has 1 amide bonds. The number of nitrogen functional groups attached to an aromatic ring is 1. The Hall–Kier alpha value is -5.24. The number of phenolic OH excluding ortho intramolecular Hbond substituents is 1. The Balaban J connectivity index is 0.000000281. The van der Waals surface area contributed by atoms with Gasteiger partial charge in [0.25, 0.3) is 0 Å². The summed E-state index contributed by atoms with van der Waals surface area (Å²) in [7, 11) is -10.7. The molecular weight excluding hydrogens is 842 g/mol. The van der Waals surface area contributed by atoms with Crippen molar-refractivity contribution in [1.82, 2.24) is 29.4 Å². The molecular formula is C33H36N8O17P2. The molecule has 60 heavy (non-hydrogen) atoms. The van der Waals surface area contributed by atoms with Crippen LogP contribution in [0.25, 0.3) is 33.7 Å². The maximum absolute atomic E-state index is 12.4. The van der Waals surface area contributed by atoms with Gasteiger partial charge in [0.2, 0.25) is 5.91 Å². The number of aliphatic hydroxyl groups excluding tert-OH is 4. The van der Waals surface area contributed by atoms with Gasteiger partial charge >= 0.3 is 15.6 Å². The van der Waals surface area contributed by atoms with Crippen LogP contribution in [0, 0.1) is 0 Å². The lowest BCUT2D eigenvalue weighted by atomic mass is 10.1. The second-order valence-corrected chi connectivity index (χ2v) is 16.4. The molecule has 2 aromatic heterocycles. The lowest BCUT2D eigenvalue weighted by Crippen LogP contribution is -2.40. The van der Waals surface area contributed by atoms with Crippen molar-refractivity contribution in [3.05, 3.63) is 83.3 Å². The fourth-order valence-corrected chi connectivity index (χ4v) is 8.36. The van der Waals surface area contributed by atoms with Crippen LogP contribution >= 0.6 is 15.6 Å². The van der Waals surface area contributed by atoms with Gasteiger partial charge in [-0.15, -0.1) is 0 Å². The molecule has 320 valence electrons. The van der Waals surface area contributed by atoms with Crippen LogP contribution in [0.2, 0.25) is 0 Å². The van der Waals surface area contributed by atoms with Gasteiger partial charge in [-0.3, -0.25) is 23.2 Å². The number of imidazole rings is 1. The number of fused-ring (bicyclic) bond motifs is 3. The Morgan fingerprint density at radius 2 is 1.57 bits per heavy atom. The van der Waals surface area contributed by atoms with E-state index in [1.165, 1.54) is 46.4 Å². The molecule has 11 N–H and O–H groups in total. The Kier molecular flexibility index (Phi) is 12.2. The minimum atomic E-state index is -5.37. The summed E-state index contributed by atoms with van der Waals surface area (Å²) in [5, 5.41) is 50.9. The molecule has 0 bridgehead atoms. The number of carbonyl (C=O) groups excluding carboxylic acids is 1. The van der Waals surface area contributed by atoms with Crippen LogP contribution < -0.4 is 16.9 Å². The van der Waals surface area contributed by atoms with E-state index in [-0.39, 0.29) is 40.2 Å². The van der Waals surface area contributed by atoms with Crippen molar-refractivity contribution in [2.75, 3.05) is 18.9 Å². The number of allylic oxidation sites excluding steroid dienone is 1. The highest BCUT2D eigenvalue weighted by Gasteiger charge is 2.48. The second kappa shape index (κ2) is 17.0. The molecule has 4 aliphatic heterocycles. The molecule has 1 aromatic carbocycles. The monoisotopic (exact) mass is 878 g/mol. The summed E-state index contributed by atoms with van der Waals surface area (Å²) in [4.78, 5) is 60.1. The summed E-state index contributed by atoms with van der Waals surface area (Å²) in [5.41, 5.74) is 13.2. The number of carbonyl (C=O) groups is 1. The minimum Gasteiger partial charge on any atom is -0.508 e. The summed E-state index contributed by atoms with van der Waals surface area (Å²) in [6.45, 7) is -1.79. The molecule has 0 saturated carbocycles. The number of phosphoric acid groups is 2. The minimum absolute atomic E-state index is 0.0517. The number of aromatic hydroxyl groups is 1. The van der Waals surface area contributed by atoms with Gasteiger partial charge in [0.15, 0.2) is 40.7 Å². The van der Waals surface area contributed by atoms with Gasteiger partial charge in [-0.1, -0.05) is 6.08 Å². The SMILES string of the molecule is NC(=O)C1=CN([C@@H]2O[C@H](COP(=O)(O)OP(=O)(O)OC[C@H]3O[C@@H](n4cnc5c(N)ncnc54)[C@H](O)[C@@H]3O)[C@@H](O)[C@H]2O)C=CC1.O=c1ccc2nc3ccc(O)cc3oc-2c1. The largest absolute Gasteiger partial charge is 0.508 e. The van der Waals surface area contributed by atoms with Gasteiger partial charge in [0.05, 0.1) is 19.5 Å². The smallest absolute Gasteiger partial charge is 0.481 e. The molecule has 2 unspecified atom stereocenters. The van der Waals surface area contributed by atoms with E-state index in [0.29, 0.717) is 22.6 Å². The number of amides is 1. The maximum Gasteiger partial charge on any atom is 0.481 e. The molecule has 27 heteroatoms. The van der Waals surface area contributed by atoms with E-state index in [2.05, 4.69) is 24.2 Å². The zero-order chi connectivity index (χ0) is 43.1. The Morgan fingerprint density at radius 1 is 0.900 bits per heavy atom. The van der Waals surface area contributed by atoms with E-state index in [0.717, 1.165) is 6.33 Å². The highest BCUT2D eigenvalue weighted by atomic mass is 31.3. The number of benzene rings is 2. The first-order chi connectivity index (χ1) is 28.4. The first-order valence-corrected chi connectivity index (χ1v) is 20.5. The molecule has 3 aromatic rings. The van der Waals surface area contributed by atoms with E-state index in [1.54, 1.807) is 24.3 Å². The fraction of sp³-hybridized carbons (Fsp3) is 0.333. The van der Waals surface area contributed by atoms with Gasteiger partial charge in [-0.2, -0.15) is 4.31 Å². The van der Waals surface area contributed by atoms with E-state index in [9.17, 15) is 54.0 Å². The maximum atomic E-state index is 12.4. The van der Waals surface area contributed by atoms with E-state index >= 15 is 0 Å². The van der Waals surface area contributed by atoms with Crippen molar-refractivity contribution in [3.63, 3.8) is 0 Å². The summed E-state index contributed by atoms with van der Waals surface area (Å²) in [5.74, 6) is -0.129. The number of hydrogen-bond acceptors (Lipinski definition) is 21. The van der Waals surface area contributed by atoms with Crippen LogP contribution in [0.3, 0.4) is 0 Å². The summed E-state index contributed by atoms with van der Waals surface area (Å²) >= 11 is 0. The lowest BCUT2D eigenvalue weighted by Gasteiger charge is -2.28. The van der Waals surface area contributed by atoms with Crippen LogP contribution in [-0.4, -0.2) is 127 Å². The molecule has 10 atom stereocenters. The molecule has 2 fully saturated rings.